The van der Waals surface area contributed by atoms with Crippen LogP contribution in [0.3, 0.4) is 0 Å². The van der Waals surface area contributed by atoms with Crippen molar-refractivity contribution in [1.82, 2.24) is 14.9 Å². The standard InChI is InChI=1S/C15H19Cl2N3O/c1-10(2)18-7-11-5-4-6-12(16)15(11)21-9-14-19-8-13(17)20(14)3/h4-6,8,10,18H,7,9H2,1-3H3. The number of hydrogen-bond donors (Lipinski definition) is 1. The molecule has 0 amide bonds. The van der Waals surface area contributed by atoms with Gasteiger partial charge in [0.1, 0.15) is 23.3 Å². The first kappa shape index (κ1) is 16.1. The molecule has 0 aliphatic carbocycles. The van der Waals surface area contributed by atoms with Crippen LogP contribution in [-0.4, -0.2) is 15.6 Å². The molecule has 6 heteroatoms. The zero-order valence-electron chi connectivity index (χ0n) is 12.4. The molecule has 4 nitrogen and oxygen atoms in total. The SMILES string of the molecule is CC(C)NCc1cccc(Cl)c1OCc1ncc(Cl)n1C. The van der Waals surface area contributed by atoms with Gasteiger partial charge in [-0.2, -0.15) is 0 Å². The van der Waals surface area contributed by atoms with E-state index in [1.807, 2.05) is 25.2 Å². The molecular weight excluding hydrogens is 309 g/mol. The lowest BCUT2D eigenvalue weighted by atomic mass is 10.2. The summed E-state index contributed by atoms with van der Waals surface area (Å²) in [5.74, 6) is 1.44. The summed E-state index contributed by atoms with van der Waals surface area (Å²) in [6.07, 6.45) is 1.61. The summed E-state index contributed by atoms with van der Waals surface area (Å²) < 4.78 is 7.65. The van der Waals surface area contributed by atoms with Gasteiger partial charge >= 0.3 is 0 Å². The second-order valence-corrected chi connectivity index (χ2v) is 5.90. The first-order valence-electron chi connectivity index (χ1n) is 6.78. The topological polar surface area (TPSA) is 39.1 Å². The molecule has 0 saturated carbocycles. The molecule has 0 aliphatic heterocycles. The molecule has 0 saturated heterocycles. The van der Waals surface area contributed by atoms with Gasteiger partial charge in [0.15, 0.2) is 0 Å². The second-order valence-electron chi connectivity index (χ2n) is 5.11. The van der Waals surface area contributed by atoms with Crippen molar-refractivity contribution in [2.24, 2.45) is 7.05 Å². The molecule has 0 bridgehead atoms. The molecule has 114 valence electrons. The predicted molar refractivity (Wildman–Crippen MR) is 86.0 cm³/mol. The van der Waals surface area contributed by atoms with E-state index in [0.29, 0.717) is 35.1 Å². The highest BCUT2D eigenvalue weighted by molar-refractivity contribution is 6.32. The van der Waals surface area contributed by atoms with Crippen LogP contribution in [0, 0.1) is 0 Å². The van der Waals surface area contributed by atoms with Gasteiger partial charge < -0.3 is 14.6 Å². The zero-order valence-corrected chi connectivity index (χ0v) is 13.9. The molecule has 0 fully saturated rings. The number of benzene rings is 1. The molecule has 0 radical (unpaired) electrons. The van der Waals surface area contributed by atoms with Crippen LogP contribution in [0.5, 0.6) is 5.75 Å². The quantitative estimate of drug-likeness (QED) is 0.876. The molecule has 2 aromatic rings. The lowest BCUT2D eigenvalue weighted by molar-refractivity contribution is 0.288. The third kappa shape index (κ3) is 4.13. The molecule has 1 N–H and O–H groups in total. The molecule has 21 heavy (non-hydrogen) atoms. The highest BCUT2D eigenvalue weighted by Crippen LogP contribution is 2.29. The number of nitrogens with one attached hydrogen (secondary N) is 1. The smallest absolute Gasteiger partial charge is 0.147 e. The Bertz CT molecular complexity index is 611. The van der Waals surface area contributed by atoms with E-state index in [-0.39, 0.29) is 0 Å². The fourth-order valence-electron chi connectivity index (χ4n) is 1.86. The van der Waals surface area contributed by atoms with Gasteiger partial charge in [-0.25, -0.2) is 4.98 Å². The lowest BCUT2D eigenvalue weighted by Gasteiger charge is -2.15. The predicted octanol–water partition coefficient (Wildman–Crippen LogP) is 3.80. The van der Waals surface area contributed by atoms with Crippen molar-refractivity contribution in [3.8, 4) is 5.75 Å². The van der Waals surface area contributed by atoms with Crippen LogP contribution in [0.2, 0.25) is 10.2 Å². The molecule has 2 rings (SSSR count). The van der Waals surface area contributed by atoms with Crippen molar-refractivity contribution >= 4 is 23.2 Å². The van der Waals surface area contributed by atoms with E-state index >= 15 is 0 Å². The van der Waals surface area contributed by atoms with Gasteiger partial charge in [-0.05, 0) is 6.07 Å². The van der Waals surface area contributed by atoms with Crippen molar-refractivity contribution in [3.05, 3.63) is 46.0 Å². The Morgan fingerprint density at radius 1 is 1.33 bits per heavy atom. The van der Waals surface area contributed by atoms with Gasteiger partial charge in [-0.1, -0.05) is 49.2 Å². The fourth-order valence-corrected chi connectivity index (χ4v) is 2.26. The van der Waals surface area contributed by atoms with Crippen LogP contribution >= 0.6 is 23.2 Å². The van der Waals surface area contributed by atoms with Gasteiger partial charge in [0.2, 0.25) is 0 Å². The third-order valence-corrected chi connectivity index (χ3v) is 3.77. The highest BCUT2D eigenvalue weighted by atomic mass is 35.5. The summed E-state index contributed by atoms with van der Waals surface area (Å²) >= 11 is 12.2. The summed E-state index contributed by atoms with van der Waals surface area (Å²) in [6.45, 7) is 5.22. The number of ether oxygens (including phenoxy) is 1. The monoisotopic (exact) mass is 327 g/mol. The summed E-state index contributed by atoms with van der Waals surface area (Å²) in [5.41, 5.74) is 1.02. The average molecular weight is 328 g/mol. The Kier molecular flexibility index (Phi) is 5.51. The lowest BCUT2D eigenvalue weighted by Crippen LogP contribution is -2.22. The fraction of sp³-hybridized carbons (Fsp3) is 0.400. The van der Waals surface area contributed by atoms with Crippen molar-refractivity contribution in [2.75, 3.05) is 0 Å². The van der Waals surface area contributed by atoms with E-state index in [2.05, 4.69) is 24.1 Å². The largest absolute Gasteiger partial charge is 0.484 e. The van der Waals surface area contributed by atoms with Crippen LogP contribution in [0.15, 0.2) is 24.4 Å². The van der Waals surface area contributed by atoms with E-state index < -0.39 is 0 Å². The van der Waals surface area contributed by atoms with Crippen LogP contribution in [0.4, 0.5) is 0 Å². The summed E-state index contributed by atoms with van der Waals surface area (Å²) in [5, 5.41) is 4.54. The Morgan fingerprint density at radius 2 is 2.10 bits per heavy atom. The maximum Gasteiger partial charge on any atom is 0.147 e. The van der Waals surface area contributed by atoms with E-state index in [9.17, 15) is 0 Å². The molecule has 0 aliphatic rings. The summed E-state index contributed by atoms with van der Waals surface area (Å²) in [7, 11) is 1.85. The van der Waals surface area contributed by atoms with Gasteiger partial charge in [0, 0.05) is 25.2 Å². The number of halogens is 2. The first-order chi connectivity index (χ1) is 9.99. The number of imidazole rings is 1. The molecule has 0 atom stereocenters. The van der Waals surface area contributed by atoms with Crippen LogP contribution < -0.4 is 10.1 Å². The number of nitrogens with zero attached hydrogens (tertiary/aromatic N) is 2. The van der Waals surface area contributed by atoms with Crippen molar-refractivity contribution in [2.45, 2.75) is 33.0 Å². The van der Waals surface area contributed by atoms with Crippen LogP contribution in [-0.2, 0) is 20.2 Å². The van der Waals surface area contributed by atoms with E-state index in [1.165, 1.54) is 0 Å². The van der Waals surface area contributed by atoms with E-state index in [0.717, 1.165) is 11.4 Å². The minimum absolute atomic E-state index is 0.321. The van der Waals surface area contributed by atoms with E-state index in [4.69, 9.17) is 27.9 Å². The molecule has 1 aromatic heterocycles. The van der Waals surface area contributed by atoms with Crippen molar-refractivity contribution in [3.63, 3.8) is 0 Å². The van der Waals surface area contributed by atoms with Gasteiger partial charge in [-0.15, -0.1) is 0 Å². The zero-order chi connectivity index (χ0) is 15.4. The van der Waals surface area contributed by atoms with E-state index in [1.54, 1.807) is 10.8 Å². The normalized spacial score (nSPS) is 11.1. The molecule has 1 aromatic carbocycles. The van der Waals surface area contributed by atoms with Crippen LogP contribution in [0.1, 0.15) is 25.2 Å². The molecule has 1 heterocycles. The number of rotatable bonds is 6. The minimum Gasteiger partial charge on any atom is -0.484 e. The van der Waals surface area contributed by atoms with Crippen LogP contribution in [0.25, 0.3) is 0 Å². The number of para-hydroxylation sites is 1. The Morgan fingerprint density at radius 3 is 2.71 bits per heavy atom. The highest BCUT2D eigenvalue weighted by Gasteiger charge is 2.11. The summed E-state index contributed by atoms with van der Waals surface area (Å²) in [4.78, 5) is 4.21. The Balaban J connectivity index is 2.13. The second kappa shape index (κ2) is 7.16. The van der Waals surface area contributed by atoms with Gasteiger partial charge in [-0.3, -0.25) is 0 Å². The summed E-state index contributed by atoms with van der Waals surface area (Å²) in [6, 6.07) is 6.14. The number of aromatic nitrogens is 2. The van der Waals surface area contributed by atoms with Gasteiger partial charge in [0.25, 0.3) is 0 Å². The average Bonchev–Trinajstić information content (AvgIpc) is 2.75. The number of hydrogen-bond acceptors (Lipinski definition) is 3. The first-order valence-corrected chi connectivity index (χ1v) is 7.54. The molecule has 0 spiro atoms. The Hall–Kier alpha value is -1.23. The van der Waals surface area contributed by atoms with Gasteiger partial charge in [0.05, 0.1) is 11.2 Å². The maximum absolute atomic E-state index is 6.25. The Labute approximate surface area is 135 Å². The van der Waals surface area contributed by atoms with Crippen molar-refractivity contribution < 1.29 is 4.74 Å². The maximum atomic E-state index is 6.25. The molecular formula is C15H19Cl2N3O. The minimum atomic E-state index is 0.321. The third-order valence-electron chi connectivity index (χ3n) is 3.12. The molecule has 0 unspecified atom stereocenters. The van der Waals surface area contributed by atoms with Crippen molar-refractivity contribution in [1.29, 1.82) is 0 Å².